The van der Waals surface area contributed by atoms with Gasteiger partial charge in [0.2, 0.25) is 5.78 Å². The summed E-state index contributed by atoms with van der Waals surface area (Å²) < 4.78 is 15.0. The lowest BCUT2D eigenvalue weighted by Crippen LogP contribution is -2.09. The lowest BCUT2D eigenvalue weighted by atomic mass is 10.1. The molecule has 3 aromatic rings. The Morgan fingerprint density at radius 1 is 1.04 bits per heavy atom. The summed E-state index contributed by atoms with van der Waals surface area (Å²) >= 11 is 0. The Morgan fingerprint density at radius 3 is 2.56 bits per heavy atom. The number of hydrogen-bond acceptors (Lipinski definition) is 2. The molecule has 0 atom stereocenters. The molecule has 27 heavy (non-hydrogen) atoms. The van der Waals surface area contributed by atoms with Gasteiger partial charge >= 0.3 is 0 Å². The molecule has 1 aromatic heterocycles. The second-order valence-corrected chi connectivity index (χ2v) is 6.74. The number of halogens is 1. The van der Waals surface area contributed by atoms with E-state index >= 15 is 0 Å². The summed E-state index contributed by atoms with van der Waals surface area (Å²) in [7, 11) is 0. The second kappa shape index (κ2) is 9.26. The maximum atomic E-state index is 13.0. The van der Waals surface area contributed by atoms with E-state index < -0.39 is 0 Å². The average Bonchev–Trinajstić information content (AvgIpc) is 3.06. The molecular formula is C23H25FN2O. The standard InChI is InChI=1S/C23H25FN2O/c1-2-3-4-5-8-17-26-21-10-7-6-9-20(21)25-23(26)22(27)16-13-18-11-14-19(24)15-12-18/h6-7,9-16H,2-5,8,17H2,1H3/b16-13+. The third-order valence-corrected chi connectivity index (χ3v) is 4.66. The highest BCUT2D eigenvalue weighted by Gasteiger charge is 2.15. The van der Waals surface area contributed by atoms with Crippen LogP contribution < -0.4 is 0 Å². The van der Waals surface area contributed by atoms with Crippen LogP contribution in [0.15, 0.2) is 54.6 Å². The Hall–Kier alpha value is -2.75. The van der Waals surface area contributed by atoms with Crippen molar-refractivity contribution < 1.29 is 9.18 Å². The van der Waals surface area contributed by atoms with Gasteiger partial charge < -0.3 is 4.57 Å². The fraction of sp³-hybridized carbons (Fsp3) is 0.304. The zero-order chi connectivity index (χ0) is 19.1. The Labute approximate surface area is 159 Å². The van der Waals surface area contributed by atoms with E-state index in [0.717, 1.165) is 36.0 Å². The van der Waals surface area contributed by atoms with Crippen LogP contribution in [-0.2, 0) is 6.54 Å². The van der Waals surface area contributed by atoms with E-state index in [0.29, 0.717) is 5.82 Å². The number of nitrogens with zero attached hydrogens (tertiary/aromatic N) is 2. The van der Waals surface area contributed by atoms with Gasteiger partial charge in [0.05, 0.1) is 11.0 Å². The van der Waals surface area contributed by atoms with E-state index in [-0.39, 0.29) is 11.6 Å². The molecule has 0 saturated carbocycles. The first kappa shape index (κ1) is 19.0. The van der Waals surface area contributed by atoms with Gasteiger partial charge in [-0.2, -0.15) is 0 Å². The summed E-state index contributed by atoms with van der Waals surface area (Å²) in [4.78, 5) is 17.3. The third kappa shape index (κ3) is 4.91. The molecule has 0 N–H and O–H groups in total. The summed E-state index contributed by atoms with van der Waals surface area (Å²) in [5.74, 6) is 0.0393. The predicted octanol–water partition coefficient (Wildman–Crippen LogP) is 6.04. The van der Waals surface area contributed by atoms with Crippen molar-refractivity contribution in [2.75, 3.05) is 0 Å². The number of rotatable bonds is 9. The van der Waals surface area contributed by atoms with E-state index in [2.05, 4.69) is 11.9 Å². The molecule has 0 amide bonds. The SMILES string of the molecule is CCCCCCCn1c(C(=O)/C=C/c2ccc(F)cc2)nc2ccccc21. The van der Waals surface area contributed by atoms with Gasteiger partial charge in [0, 0.05) is 6.54 Å². The highest BCUT2D eigenvalue weighted by atomic mass is 19.1. The summed E-state index contributed by atoms with van der Waals surface area (Å²) in [5.41, 5.74) is 2.61. The van der Waals surface area contributed by atoms with E-state index in [1.807, 2.05) is 28.8 Å². The summed E-state index contributed by atoms with van der Waals surface area (Å²) in [5, 5.41) is 0. The van der Waals surface area contributed by atoms with Crippen LogP contribution in [0.3, 0.4) is 0 Å². The number of allylic oxidation sites excluding steroid dienone is 1. The normalized spacial score (nSPS) is 11.5. The second-order valence-electron chi connectivity index (χ2n) is 6.74. The van der Waals surface area contributed by atoms with Crippen LogP contribution in [0, 0.1) is 5.82 Å². The van der Waals surface area contributed by atoms with Gasteiger partial charge in [0.15, 0.2) is 5.82 Å². The van der Waals surface area contributed by atoms with Gasteiger partial charge in [-0.25, -0.2) is 9.37 Å². The van der Waals surface area contributed by atoms with E-state index in [9.17, 15) is 9.18 Å². The molecule has 0 fully saturated rings. The Bertz CT molecular complexity index is 925. The molecule has 4 heteroatoms. The number of unbranched alkanes of at least 4 members (excludes halogenated alkanes) is 4. The number of benzene rings is 2. The van der Waals surface area contributed by atoms with Gasteiger partial charge in [-0.1, -0.05) is 62.9 Å². The molecule has 0 bridgehead atoms. The summed E-state index contributed by atoms with van der Waals surface area (Å²) in [6.45, 7) is 2.99. The van der Waals surface area contributed by atoms with E-state index in [1.54, 1.807) is 18.2 Å². The van der Waals surface area contributed by atoms with E-state index in [1.165, 1.54) is 37.5 Å². The zero-order valence-corrected chi connectivity index (χ0v) is 15.7. The smallest absolute Gasteiger partial charge is 0.221 e. The monoisotopic (exact) mass is 364 g/mol. The van der Waals surface area contributed by atoms with Crippen LogP contribution in [0.1, 0.15) is 55.2 Å². The van der Waals surface area contributed by atoms with Crippen molar-refractivity contribution in [2.45, 2.75) is 45.6 Å². The fourth-order valence-corrected chi connectivity index (χ4v) is 3.18. The molecular weight excluding hydrogens is 339 g/mol. The van der Waals surface area contributed by atoms with Gasteiger partial charge in [-0.3, -0.25) is 4.79 Å². The van der Waals surface area contributed by atoms with E-state index in [4.69, 9.17) is 0 Å². The average molecular weight is 364 g/mol. The first-order valence-corrected chi connectivity index (χ1v) is 9.62. The molecule has 0 unspecified atom stereocenters. The van der Waals surface area contributed by atoms with Crippen molar-refractivity contribution in [3.8, 4) is 0 Å². The van der Waals surface area contributed by atoms with Crippen LogP contribution in [0.2, 0.25) is 0 Å². The number of fused-ring (bicyclic) bond motifs is 1. The molecule has 140 valence electrons. The molecule has 1 heterocycles. The topological polar surface area (TPSA) is 34.9 Å². The van der Waals surface area contributed by atoms with Crippen molar-refractivity contribution >= 4 is 22.9 Å². The minimum atomic E-state index is -0.289. The lowest BCUT2D eigenvalue weighted by Gasteiger charge is -2.07. The molecule has 2 aromatic carbocycles. The largest absolute Gasteiger partial charge is 0.321 e. The number of carbonyl (C=O) groups excluding carboxylic acids is 1. The Morgan fingerprint density at radius 2 is 1.78 bits per heavy atom. The minimum absolute atomic E-state index is 0.135. The molecule has 0 aliphatic heterocycles. The van der Waals surface area contributed by atoms with Crippen molar-refractivity contribution in [1.82, 2.24) is 9.55 Å². The van der Waals surface area contributed by atoms with Crippen molar-refractivity contribution in [1.29, 1.82) is 0 Å². The number of hydrogen-bond donors (Lipinski definition) is 0. The lowest BCUT2D eigenvalue weighted by molar-refractivity contribution is 0.103. The number of carbonyl (C=O) groups is 1. The van der Waals surface area contributed by atoms with Gasteiger partial charge in [0.25, 0.3) is 0 Å². The van der Waals surface area contributed by atoms with Crippen LogP contribution in [0.4, 0.5) is 4.39 Å². The fourth-order valence-electron chi connectivity index (χ4n) is 3.18. The number of aromatic nitrogens is 2. The zero-order valence-electron chi connectivity index (χ0n) is 15.7. The van der Waals surface area contributed by atoms with Gasteiger partial charge in [-0.05, 0) is 42.3 Å². The third-order valence-electron chi connectivity index (χ3n) is 4.66. The molecule has 0 spiro atoms. The van der Waals surface area contributed by atoms with Gasteiger partial charge in [-0.15, -0.1) is 0 Å². The van der Waals surface area contributed by atoms with Crippen LogP contribution in [0.25, 0.3) is 17.1 Å². The first-order chi connectivity index (χ1) is 13.2. The number of ketones is 1. The van der Waals surface area contributed by atoms with Gasteiger partial charge in [0.1, 0.15) is 5.82 Å². The molecule has 0 aliphatic carbocycles. The molecule has 3 rings (SSSR count). The number of para-hydroxylation sites is 2. The molecule has 3 nitrogen and oxygen atoms in total. The van der Waals surface area contributed by atoms with Crippen molar-refractivity contribution in [2.24, 2.45) is 0 Å². The highest BCUT2D eigenvalue weighted by Crippen LogP contribution is 2.19. The predicted molar refractivity (Wildman–Crippen MR) is 108 cm³/mol. The molecule has 0 radical (unpaired) electrons. The number of imidazole rings is 1. The molecule has 0 aliphatic rings. The summed E-state index contributed by atoms with van der Waals surface area (Å²) in [6, 6.07) is 13.9. The Balaban J connectivity index is 1.80. The van der Waals surface area contributed by atoms with Crippen LogP contribution in [0.5, 0.6) is 0 Å². The minimum Gasteiger partial charge on any atom is -0.321 e. The van der Waals surface area contributed by atoms with Crippen molar-refractivity contribution in [3.63, 3.8) is 0 Å². The summed E-state index contributed by atoms with van der Waals surface area (Å²) in [6.07, 6.45) is 9.08. The maximum absolute atomic E-state index is 13.0. The van der Waals surface area contributed by atoms with Crippen LogP contribution >= 0.6 is 0 Å². The van der Waals surface area contributed by atoms with Crippen molar-refractivity contribution in [3.05, 3.63) is 71.8 Å². The first-order valence-electron chi connectivity index (χ1n) is 9.62. The Kier molecular flexibility index (Phi) is 6.53. The van der Waals surface area contributed by atoms with Crippen LogP contribution in [-0.4, -0.2) is 15.3 Å². The quantitative estimate of drug-likeness (QED) is 0.263. The maximum Gasteiger partial charge on any atom is 0.221 e. The molecule has 0 saturated heterocycles. The number of aryl methyl sites for hydroxylation is 1. The highest BCUT2D eigenvalue weighted by molar-refractivity contribution is 6.06.